The Morgan fingerprint density at radius 2 is 1.65 bits per heavy atom. The van der Waals surface area contributed by atoms with Crippen LogP contribution in [-0.4, -0.2) is 99.8 Å². The molecular weight excluding hydrogens is 576 g/mol. The van der Waals surface area contributed by atoms with Crippen LogP contribution in [0.1, 0.15) is 83.6 Å². The maximum absolute atomic E-state index is 13.9. The van der Waals surface area contributed by atoms with E-state index >= 15 is 0 Å². The van der Waals surface area contributed by atoms with Crippen LogP contribution in [0.5, 0.6) is 0 Å². The van der Waals surface area contributed by atoms with Crippen LogP contribution < -0.4 is 5.32 Å². The van der Waals surface area contributed by atoms with Gasteiger partial charge in [0.05, 0.1) is 12.2 Å². The zero-order chi connectivity index (χ0) is 31.8. The van der Waals surface area contributed by atoms with Gasteiger partial charge in [-0.3, -0.25) is 14.5 Å². The summed E-state index contributed by atoms with van der Waals surface area (Å²) in [5, 5.41) is 25.8. The van der Waals surface area contributed by atoms with Crippen molar-refractivity contribution in [2.75, 3.05) is 38.0 Å². The van der Waals surface area contributed by atoms with Crippen molar-refractivity contribution in [1.29, 1.82) is 0 Å². The number of nitrogens with zero attached hydrogens (tertiary/aromatic N) is 3. The maximum atomic E-state index is 13.9. The Hall–Kier alpha value is -2.42. The van der Waals surface area contributed by atoms with Gasteiger partial charge >= 0.3 is 0 Å². The smallest absolute Gasteiger partial charge is 0.249 e. The topological polar surface area (TPSA) is 96.4 Å². The average Bonchev–Trinajstić information content (AvgIpc) is 3.68. The number of anilines is 1. The van der Waals surface area contributed by atoms with E-state index in [0.717, 1.165) is 62.9 Å². The van der Waals surface area contributed by atoms with Gasteiger partial charge in [-0.25, -0.2) is 0 Å². The molecular formula is C38H54N4O4. The molecule has 1 aromatic carbocycles. The number of nitrogens with one attached hydrogen (secondary N) is 1. The molecule has 8 rings (SSSR count). The van der Waals surface area contributed by atoms with Gasteiger partial charge in [-0.2, -0.15) is 0 Å². The summed E-state index contributed by atoms with van der Waals surface area (Å²) in [6, 6.07) is 7.28. The second kappa shape index (κ2) is 11.6. The molecule has 6 fully saturated rings. The Bertz CT molecular complexity index is 1380. The number of aliphatic hydroxyl groups is 2. The second-order valence-electron chi connectivity index (χ2n) is 16.5. The summed E-state index contributed by atoms with van der Waals surface area (Å²) in [4.78, 5) is 33.8. The molecule has 11 atom stereocenters. The van der Waals surface area contributed by atoms with E-state index in [1.165, 1.54) is 25.7 Å². The van der Waals surface area contributed by atoms with Crippen molar-refractivity contribution < 1.29 is 19.8 Å². The molecule has 2 amide bonds. The molecule has 0 spiro atoms. The number of piperazine rings is 1. The first-order valence-electron chi connectivity index (χ1n) is 18.4. The molecule has 5 unspecified atom stereocenters. The number of hydrogen-bond donors (Lipinski definition) is 3. The summed E-state index contributed by atoms with van der Waals surface area (Å²) in [6.07, 6.45) is 13.9. The first-order valence-corrected chi connectivity index (χ1v) is 18.4. The number of carbonyl (C=O) groups is 2. The lowest BCUT2D eigenvalue weighted by atomic mass is 9.44. The van der Waals surface area contributed by atoms with Gasteiger partial charge in [-0.05, 0) is 110 Å². The van der Waals surface area contributed by atoms with Gasteiger partial charge in [0.2, 0.25) is 11.8 Å². The zero-order valence-electron chi connectivity index (χ0n) is 27.8. The van der Waals surface area contributed by atoms with E-state index in [2.05, 4.69) is 24.1 Å². The number of likely N-dealkylation sites (tertiary alicyclic amines) is 1. The lowest BCUT2D eigenvalue weighted by Gasteiger charge is -2.62. The minimum atomic E-state index is -0.450. The van der Waals surface area contributed by atoms with Crippen LogP contribution >= 0.6 is 0 Å². The Morgan fingerprint density at radius 3 is 2.48 bits per heavy atom. The van der Waals surface area contributed by atoms with Gasteiger partial charge in [0, 0.05) is 44.5 Å². The summed E-state index contributed by atoms with van der Waals surface area (Å²) in [5.74, 6) is 2.66. The minimum absolute atomic E-state index is 0.0192. The highest BCUT2D eigenvalue weighted by atomic mass is 16.3. The number of fused-ring (bicyclic) bond motifs is 6. The molecule has 0 aromatic heterocycles. The number of aliphatic hydroxyl groups excluding tert-OH is 2. The van der Waals surface area contributed by atoms with E-state index < -0.39 is 12.1 Å². The normalized spacial score (nSPS) is 43.7. The van der Waals surface area contributed by atoms with E-state index in [1.54, 1.807) is 0 Å². The van der Waals surface area contributed by atoms with Crippen molar-refractivity contribution in [3.8, 4) is 0 Å². The number of hydrogen-bond acceptors (Lipinski definition) is 6. The second-order valence-corrected chi connectivity index (χ2v) is 16.5. The SMILES string of the molecule is C[C@]12C[C@H](N3CCN(C(=O)[C@@H]4CCCN4C(=O)C4C=Cc5ccccc5N4)CC3)[C@@H](O)CC1CCC1C2CC[C@@]2(C)C1CC[C@@H]2O. The first kappa shape index (κ1) is 30.9. The number of para-hydroxylation sites is 1. The van der Waals surface area contributed by atoms with Gasteiger partial charge in [-0.15, -0.1) is 0 Å². The average molecular weight is 631 g/mol. The van der Waals surface area contributed by atoms with Crippen LogP contribution in [-0.2, 0) is 9.59 Å². The van der Waals surface area contributed by atoms with Crippen LogP contribution in [0.25, 0.3) is 6.08 Å². The number of carbonyl (C=O) groups excluding carboxylic acids is 2. The zero-order valence-corrected chi connectivity index (χ0v) is 27.8. The predicted molar refractivity (Wildman–Crippen MR) is 179 cm³/mol. The van der Waals surface area contributed by atoms with Crippen molar-refractivity contribution in [3.05, 3.63) is 35.9 Å². The van der Waals surface area contributed by atoms with Gasteiger partial charge in [0.1, 0.15) is 12.1 Å². The van der Waals surface area contributed by atoms with Crippen LogP contribution in [0, 0.1) is 34.5 Å². The molecule has 4 aliphatic carbocycles. The fraction of sp³-hybridized carbons (Fsp3) is 0.737. The molecule has 3 heterocycles. The van der Waals surface area contributed by atoms with Crippen molar-refractivity contribution in [2.24, 2.45) is 34.5 Å². The molecule has 8 nitrogen and oxygen atoms in total. The predicted octanol–water partition coefficient (Wildman–Crippen LogP) is 4.37. The monoisotopic (exact) mass is 630 g/mol. The quantitative estimate of drug-likeness (QED) is 0.459. The molecule has 4 saturated carbocycles. The van der Waals surface area contributed by atoms with E-state index in [0.29, 0.717) is 43.3 Å². The molecule has 250 valence electrons. The first-order chi connectivity index (χ1) is 22.2. The molecule has 8 heteroatoms. The van der Waals surface area contributed by atoms with Crippen molar-refractivity contribution in [2.45, 2.75) is 108 Å². The van der Waals surface area contributed by atoms with Crippen LogP contribution in [0.2, 0.25) is 0 Å². The third-order valence-electron chi connectivity index (χ3n) is 14.6. The third-order valence-corrected chi connectivity index (χ3v) is 14.6. The minimum Gasteiger partial charge on any atom is -0.393 e. The van der Waals surface area contributed by atoms with Crippen molar-refractivity contribution >= 4 is 23.6 Å². The largest absolute Gasteiger partial charge is 0.393 e. The Labute approximate surface area is 274 Å². The van der Waals surface area contributed by atoms with Gasteiger partial charge in [-0.1, -0.05) is 44.2 Å². The molecule has 46 heavy (non-hydrogen) atoms. The van der Waals surface area contributed by atoms with Crippen LogP contribution in [0.3, 0.4) is 0 Å². The molecule has 0 radical (unpaired) electrons. The van der Waals surface area contributed by atoms with E-state index in [1.807, 2.05) is 46.2 Å². The van der Waals surface area contributed by atoms with E-state index in [9.17, 15) is 19.8 Å². The fourth-order valence-corrected chi connectivity index (χ4v) is 11.9. The Balaban J connectivity index is 0.905. The van der Waals surface area contributed by atoms with Gasteiger partial charge < -0.3 is 25.3 Å². The highest BCUT2D eigenvalue weighted by Gasteiger charge is 2.61. The lowest BCUT2D eigenvalue weighted by molar-refractivity contribution is -0.158. The molecule has 7 aliphatic rings. The number of amides is 2. The Morgan fingerprint density at radius 1 is 0.870 bits per heavy atom. The maximum Gasteiger partial charge on any atom is 0.249 e. The summed E-state index contributed by atoms with van der Waals surface area (Å²) in [5.41, 5.74) is 2.34. The standard InChI is InChI=1S/C38H54N4O4/c1-37-16-15-28-26(27(37)12-14-34(37)44)11-10-25-22-33(43)32(23-38(25,28)2)40-18-20-41(21-19-40)36(46)31-8-5-17-42(31)35(45)30-13-9-24-6-3-4-7-29(24)39-30/h3-4,6-7,9,13,25-28,30-34,39,43-44H,5,8,10-12,14-23H2,1-2H3/t25?,26?,27?,28?,30?,31-,32-,33-,34-,37-,38-/m0/s1. The number of benzene rings is 1. The van der Waals surface area contributed by atoms with E-state index in [4.69, 9.17) is 0 Å². The summed E-state index contributed by atoms with van der Waals surface area (Å²) >= 11 is 0. The molecule has 1 aromatic rings. The van der Waals surface area contributed by atoms with Crippen LogP contribution in [0.15, 0.2) is 30.3 Å². The van der Waals surface area contributed by atoms with Crippen LogP contribution in [0.4, 0.5) is 5.69 Å². The van der Waals surface area contributed by atoms with Gasteiger partial charge in [0.25, 0.3) is 0 Å². The van der Waals surface area contributed by atoms with E-state index in [-0.39, 0.29) is 40.9 Å². The number of rotatable bonds is 3. The Kier molecular flexibility index (Phi) is 7.80. The highest BCUT2D eigenvalue weighted by Crippen LogP contribution is 2.66. The summed E-state index contributed by atoms with van der Waals surface area (Å²) < 4.78 is 0. The molecule has 3 aliphatic heterocycles. The van der Waals surface area contributed by atoms with Crippen molar-refractivity contribution in [3.63, 3.8) is 0 Å². The highest BCUT2D eigenvalue weighted by molar-refractivity contribution is 5.95. The third kappa shape index (κ3) is 4.87. The summed E-state index contributed by atoms with van der Waals surface area (Å²) in [6.45, 7) is 8.39. The van der Waals surface area contributed by atoms with Gasteiger partial charge in [0.15, 0.2) is 0 Å². The fourth-order valence-electron chi connectivity index (χ4n) is 11.9. The summed E-state index contributed by atoms with van der Waals surface area (Å²) in [7, 11) is 0. The molecule has 2 saturated heterocycles. The lowest BCUT2D eigenvalue weighted by Crippen LogP contribution is -2.63. The molecule has 0 bridgehead atoms. The molecule has 3 N–H and O–H groups in total. The van der Waals surface area contributed by atoms with Crippen molar-refractivity contribution in [1.82, 2.24) is 14.7 Å².